The second-order valence-electron chi connectivity index (χ2n) is 4.61. The van der Waals surface area contributed by atoms with Crippen molar-refractivity contribution in [3.05, 3.63) is 58.7 Å². The van der Waals surface area contributed by atoms with Crippen molar-refractivity contribution in [2.75, 3.05) is 14.2 Å². The van der Waals surface area contributed by atoms with Gasteiger partial charge in [0.1, 0.15) is 11.5 Å². The van der Waals surface area contributed by atoms with Crippen molar-refractivity contribution in [1.29, 1.82) is 0 Å². The second kappa shape index (κ2) is 7.51. The van der Waals surface area contributed by atoms with E-state index < -0.39 is 0 Å². The summed E-state index contributed by atoms with van der Waals surface area (Å²) >= 11 is 0. The van der Waals surface area contributed by atoms with E-state index >= 15 is 0 Å². The molecule has 0 heterocycles. The van der Waals surface area contributed by atoms with Crippen LogP contribution in [0.4, 0.5) is 0 Å². The molecule has 2 aromatic carbocycles. The number of ether oxygens (including phenoxy) is 2. The van der Waals surface area contributed by atoms with Gasteiger partial charge < -0.3 is 19.7 Å². The lowest BCUT2D eigenvalue weighted by Gasteiger charge is -2.06. The van der Waals surface area contributed by atoms with Crippen molar-refractivity contribution in [3.63, 3.8) is 0 Å². The van der Waals surface area contributed by atoms with E-state index in [2.05, 4.69) is 11.8 Å². The van der Waals surface area contributed by atoms with Gasteiger partial charge in [-0.05, 0) is 47.5 Å². The van der Waals surface area contributed by atoms with Crippen LogP contribution in [0.2, 0.25) is 0 Å². The standard InChI is InChI=1S/C18H18O4/c1-21-17-7-5-13(15(9-17)11-19)3-4-14-6-8-18(22-2)10-16(14)12-20/h5-10,19-20H,11-12H2,1-2H3. The predicted octanol–water partition coefficient (Wildman–Crippen LogP) is 2.09. The molecule has 0 radical (unpaired) electrons. The van der Waals surface area contributed by atoms with E-state index in [0.717, 1.165) is 11.1 Å². The van der Waals surface area contributed by atoms with Gasteiger partial charge in [0, 0.05) is 11.1 Å². The number of methoxy groups -OCH3 is 2. The number of rotatable bonds is 4. The summed E-state index contributed by atoms with van der Waals surface area (Å²) in [6.07, 6.45) is 0. The maximum atomic E-state index is 9.42. The first-order chi connectivity index (χ1) is 10.7. The van der Waals surface area contributed by atoms with Crippen molar-refractivity contribution in [1.82, 2.24) is 0 Å². The van der Waals surface area contributed by atoms with Crippen molar-refractivity contribution in [2.45, 2.75) is 13.2 Å². The average Bonchev–Trinajstić information content (AvgIpc) is 2.59. The molecule has 0 unspecified atom stereocenters. The van der Waals surface area contributed by atoms with Gasteiger partial charge in [0.15, 0.2) is 0 Å². The minimum Gasteiger partial charge on any atom is -0.497 e. The first-order valence-corrected chi connectivity index (χ1v) is 6.79. The SMILES string of the molecule is COc1ccc(C#Cc2ccc(OC)cc2CO)c(CO)c1. The summed E-state index contributed by atoms with van der Waals surface area (Å²) in [5.74, 6) is 7.41. The smallest absolute Gasteiger partial charge is 0.119 e. The van der Waals surface area contributed by atoms with Crippen molar-refractivity contribution in [3.8, 4) is 23.3 Å². The molecule has 0 atom stereocenters. The second-order valence-corrected chi connectivity index (χ2v) is 4.61. The van der Waals surface area contributed by atoms with Crippen LogP contribution in [0.1, 0.15) is 22.3 Å². The normalized spacial score (nSPS) is 9.82. The highest BCUT2D eigenvalue weighted by Gasteiger charge is 2.03. The lowest BCUT2D eigenvalue weighted by Crippen LogP contribution is -1.94. The third-order valence-electron chi connectivity index (χ3n) is 3.30. The number of aliphatic hydroxyl groups is 2. The first kappa shape index (κ1) is 15.9. The fourth-order valence-electron chi connectivity index (χ4n) is 2.03. The Morgan fingerprint density at radius 1 is 0.773 bits per heavy atom. The molecule has 2 N–H and O–H groups in total. The van der Waals surface area contributed by atoms with Gasteiger partial charge in [-0.3, -0.25) is 0 Å². The van der Waals surface area contributed by atoms with Crippen LogP contribution in [-0.2, 0) is 13.2 Å². The number of aliphatic hydroxyl groups excluding tert-OH is 2. The molecule has 0 aliphatic carbocycles. The molecular formula is C18H18O4. The van der Waals surface area contributed by atoms with Crippen LogP contribution in [0.3, 0.4) is 0 Å². The Kier molecular flexibility index (Phi) is 5.42. The Balaban J connectivity index is 2.38. The van der Waals surface area contributed by atoms with E-state index in [9.17, 15) is 10.2 Å². The Morgan fingerprint density at radius 3 is 1.50 bits per heavy atom. The third kappa shape index (κ3) is 3.59. The molecule has 4 heteroatoms. The zero-order chi connectivity index (χ0) is 15.9. The van der Waals surface area contributed by atoms with Crippen molar-refractivity contribution >= 4 is 0 Å². The summed E-state index contributed by atoms with van der Waals surface area (Å²) in [7, 11) is 3.15. The van der Waals surface area contributed by atoms with Gasteiger partial charge in [0.05, 0.1) is 27.4 Å². The molecule has 0 fully saturated rings. The molecule has 2 rings (SSSR count). The molecule has 0 aliphatic rings. The van der Waals surface area contributed by atoms with Crippen molar-refractivity contribution in [2.24, 2.45) is 0 Å². The van der Waals surface area contributed by atoms with Gasteiger partial charge in [-0.15, -0.1) is 0 Å². The Bertz CT molecular complexity index is 651. The molecule has 0 amide bonds. The van der Waals surface area contributed by atoms with Crippen LogP contribution in [0.5, 0.6) is 11.5 Å². The molecule has 22 heavy (non-hydrogen) atoms. The van der Waals surface area contributed by atoms with Crippen LogP contribution in [-0.4, -0.2) is 24.4 Å². The molecule has 0 bridgehead atoms. The molecule has 2 aromatic rings. The number of hydrogen-bond acceptors (Lipinski definition) is 4. The van der Waals surface area contributed by atoms with Crippen LogP contribution >= 0.6 is 0 Å². The van der Waals surface area contributed by atoms with E-state index in [-0.39, 0.29) is 13.2 Å². The minimum atomic E-state index is -0.114. The molecular weight excluding hydrogens is 280 g/mol. The highest BCUT2D eigenvalue weighted by Crippen LogP contribution is 2.19. The first-order valence-electron chi connectivity index (χ1n) is 6.79. The van der Waals surface area contributed by atoms with Crippen LogP contribution < -0.4 is 9.47 Å². The number of hydrogen-bond donors (Lipinski definition) is 2. The summed E-state index contributed by atoms with van der Waals surface area (Å²) in [4.78, 5) is 0. The molecule has 114 valence electrons. The topological polar surface area (TPSA) is 58.9 Å². The van der Waals surface area contributed by atoms with Gasteiger partial charge in [-0.2, -0.15) is 0 Å². The Morgan fingerprint density at radius 2 is 1.18 bits per heavy atom. The highest BCUT2D eigenvalue weighted by molar-refractivity contribution is 5.51. The highest BCUT2D eigenvalue weighted by atomic mass is 16.5. The summed E-state index contributed by atoms with van der Waals surface area (Å²) in [6.45, 7) is -0.229. The lowest BCUT2D eigenvalue weighted by molar-refractivity contribution is 0.280. The summed E-state index contributed by atoms with van der Waals surface area (Å²) in [5, 5.41) is 18.8. The monoisotopic (exact) mass is 298 g/mol. The average molecular weight is 298 g/mol. The fraction of sp³-hybridized carbons (Fsp3) is 0.222. The zero-order valence-electron chi connectivity index (χ0n) is 12.6. The van der Waals surface area contributed by atoms with E-state index in [4.69, 9.17) is 9.47 Å². The predicted molar refractivity (Wildman–Crippen MR) is 83.8 cm³/mol. The van der Waals surface area contributed by atoms with Gasteiger partial charge in [0.25, 0.3) is 0 Å². The maximum Gasteiger partial charge on any atom is 0.119 e. The zero-order valence-corrected chi connectivity index (χ0v) is 12.6. The van der Waals surface area contributed by atoms with Gasteiger partial charge >= 0.3 is 0 Å². The van der Waals surface area contributed by atoms with Crippen LogP contribution in [0.15, 0.2) is 36.4 Å². The summed E-state index contributed by atoms with van der Waals surface area (Å²) < 4.78 is 10.3. The molecule has 0 aliphatic heterocycles. The quantitative estimate of drug-likeness (QED) is 0.849. The summed E-state index contributed by atoms with van der Waals surface area (Å²) in [6, 6.07) is 10.7. The largest absolute Gasteiger partial charge is 0.497 e. The molecule has 4 nitrogen and oxygen atoms in total. The molecule has 0 saturated heterocycles. The Hall–Kier alpha value is -2.48. The maximum absolute atomic E-state index is 9.42. The van der Waals surface area contributed by atoms with Gasteiger partial charge in [-0.25, -0.2) is 0 Å². The lowest BCUT2D eigenvalue weighted by atomic mass is 10.1. The van der Waals surface area contributed by atoms with Gasteiger partial charge in [0.2, 0.25) is 0 Å². The molecule has 0 spiro atoms. The minimum absolute atomic E-state index is 0.114. The van der Waals surface area contributed by atoms with E-state index in [0.29, 0.717) is 22.6 Å². The third-order valence-corrected chi connectivity index (χ3v) is 3.30. The Labute approximate surface area is 129 Å². The molecule has 0 aromatic heterocycles. The molecule has 0 saturated carbocycles. The fourth-order valence-corrected chi connectivity index (χ4v) is 2.03. The van der Waals surface area contributed by atoms with E-state index in [1.165, 1.54) is 0 Å². The van der Waals surface area contributed by atoms with Crippen LogP contribution in [0.25, 0.3) is 0 Å². The van der Waals surface area contributed by atoms with Crippen LogP contribution in [0, 0.1) is 11.8 Å². The van der Waals surface area contributed by atoms with E-state index in [1.54, 1.807) is 50.6 Å². The van der Waals surface area contributed by atoms with Crippen molar-refractivity contribution < 1.29 is 19.7 Å². The van der Waals surface area contributed by atoms with E-state index in [1.807, 2.05) is 0 Å². The number of benzene rings is 2. The van der Waals surface area contributed by atoms with Gasteiger partial charge in [-0.1, -0.05) is 11.8 Å². The summed E-state index contributed by atoms with van der Waals surface area (Å²) in [5.41, 5.74) is 2.85.